The highest BCUT2D eigenvalue weighted by molar-refractivity contribution is 6.33. The minimum atomic E-state index is 0.734. The zero-order valence-electron chi connectivity index (χ0n) is 6.02. The summed E-state index contributed by atoms with van der Waals surface area (Å²) in [5, 5.41) is 3.94. The van der Waals surface area contributed by atoms with Gasteiger partial charge < -0.3 is 11.1 Å². The van der Waals surface area contributed by atoms with Gasteiger partial charge in [0.05, 0.1) is 10.7 Å². The molecule has 1 aromatic rings. The van der Waals surface area contributed by atoms with E-state index in [9.17, 15) is 0 Å². The summed E-state index contributed by atoms with van der Waals surface area (Å²) in [5.41, 5.74) is 8.65. The van der Waals surface area contributed by atoms with Gasteiger partial charge >= 0.3 is 0 Å². The van der Waals surface area contributed by atoms with Gasteiger partial charge in [0.15, 0.2) is 0 Å². The number of rotatable bonds is 0. The van der Waals surface area contributed by atoms with Crippen LogP contribution in [0, 0.1) is 0 Å². The van der Waals surface area contributed by atoms with E-state index in [4.69, 9.17) is 17.3 Å². The topological polar surface area (TPSA) is 38.0 Å². The van der Waals surface area contributed by atoms with Crippen LogP contribution in [0.1, 0.15) is 5.56 Å². The van der Waals surface area contributed by atoms with Crippen LogP contribution in [-0.4, -0.2) is 6.54 Å². The molecule has 3 N–H and O–H groups in total. The Morgan fingerprint density at radius 1 is 1.45 bits per heavy atom. The molecule has 11 heavy (non-hydrogen) atoms. The highest BCUT2D eigenvalue weighted by Gasteiger charge is 2.13. The quantitative estimate of drug-likeness (QED) is 0.581. The Morgan fingerprint density at radius 2 is 2.27 bits per heavy atom. The number of hydrogen-bond acceptors (Lipinski definition) is 2. The Kier molecular flexibility index (Phi) is 1.43. The van der Waals surface area contributed by atoms with Crippen LogP contribution < -0.4 is 11.1 Å². The Labute approximate surface area is 70.3 Å². The normalized spacial score (nSPS) is 14.3. The average molecular weight is 169 g/mol. The lowest BCUT2D eigenvalue weighted by molar-refractivity contribution is 1.11. The molecule has 1 aliphatic heterocycles. The lowest BCUT2D eigenvalue weighted by atomic mass is 10.1. The van der Waals surface area contributed by atoms with Crippen molar-refractivity contribution in [3.63, 3.8) is 0 Å². The average Bonchev–Trinajstić information content (AvgIpc) is 2.34. The van der Waals surface area contributed by atoms with E-state index < -0.39 is 0 Å². The van der Waals surface area contributed by atoms with Gasteiger partial charge in [-0.2, -0.15) is 0 Å². The lowest BCUT2D eigenvalue weighted by Gasteiger charge is -2.03. The summed E-state index contributed by atoms with van der Waals surface area (Å²) in [4.78, 5) is 0. The zero-order valence-corrected chi connectivity index (χ0v) is 6.78. The number of fused-ring (bicyclic) bond motifs is 1. The maximum Gasteiger partial charge on any atom is 0.0660 e. The standard InChI is InChI=1S/C8H9ClN2/c9-7-4-6(10)3-5-1-2-11-8(5)7/h3-4,11H,1-2,10H2. The third kappa shape index (κ3) is 1.03. The Hall–Kier alpha value is -0.890. The van der Waals surface area contributed by atoms with Gasteiger partial charge in [-0.05, 0) is 24.1 Å². The first kappa shape index (κ1) is 6.80. The highest BCUT2D eigenvalue weighted by Crippen LogP contribution is 2.32. The largest absolute Gasteiger partial charge is 0.399 e. The molecule has 1 aliphatic rings. The van der Waals surface area contributed by atoms with Gasteiger partial charge in [-0.1, -0.05) is 11.6 Å². The molecule has 0 unspecified atom stereocenters. The predicted molar refractivity (Wildman–Crippen MR) is 48.1 cm³/mol. The molecule has 3 heteroatoms. The molecule has 0 spiro atoms. The second kappa shape index (κ2) is 2.31. The number of nitrogens with one attached hydrogen (secondary N) is 1. The minimum Gasteiger partial charge on any atom is -0.399 e. The molecular formula is C8H9ClN2. The molecule has 2 rings (SSSR count). The van der Waals surface area contributed by atoms with Crippen LogP contribution in [0.3, 0.4) is 0 Å². The smallest absolute Gasteiger partial charge is 0.0660 e. The molecule has 0 radical (unpaired) electrons. The Morgan fingerprint density at radius 3 is 3.09 bits per heavy atom. The monoisotopic (exact) mass is 168 g/mol. The van der Waals surface area contributed by atoms with Gasteiger partial charge in [-0.3, -0.25) is 0 Å². The van der Waals surface area contributed by atoms with Crippen molar-refractivity contribution in [2.24, 2.45) is 0 Å². The number of benzene rings is 1. The highest BCUT2D eigenvalue weighted by atomic mass is 35.5. The molecule has 0 aromatic heterocycles. The van der Waals surface area contributed by atoms with Gasteiger partial charge in [0.2, 0.25) is 0 Å². The molecule has 0 bridgehead atoms. The van der Waals surface area contributed by atoms with Crippen LogP contribution >= 0.6 is 11.6 Å². The summed E-state index contributed by atoms with van der Waals surface area (Å²) in [6.45, 7) is 0.971. The van der Waals surface area contributed by atoms with E-state index >= 15 is 0 Å². The molecule has 2 nitrogen and oxygen atoms in total. The van der Waals surface area contributed by atoms with Gasteiger partial charge in [-0.25, -0.2) is 0 Å². The summed E-state index contributed by atoms with van der Waals surface area (Å²) < 4.78 is 0. The maximum absolute atomic E-state index is 5.93. The Balaban J connectivity index is 2.60. The molecule has 0 amide bonds. The molecular weight excluding hydrogens is 160 g/mol. The summed E-state index contributed by atoms with van der Waals surface area (Å²) >= 11 is 5.93. The number of halogens is 1. The van der Waals surface area contributed by atoms with Crippen LogP contribution in [0.25, 0.3) is 0 Å². The summed E-state index contributed by atoms with van der Waals surface area (Å²) in [7, 11) is 0. The first-order chi connectivity index (χ1) is 5.27. The van der Waals surface area contributed by atoms with Crippen molar-refractivity contribution < 1.29 is 0 Å². The van der Waals surface area contributed by atoms with Crippen LogP contribution in [-0.2, 0) is 6.42 Å². The molecule has 0 saturated carbocycles. The van der Waals surface area contributed by atoms with Crippen molar-refractivity contribution in [3.05, 3.63) is 22.7 Å². The van der Waals surface area contributed by atoms with Crippen molar-refractivity contribution in [3.8, 4) is 0 Å². The Bertz CT molecular complexity index is 296. The lowest BCUT2D eigenvalue weighted by Crippen LogP contribution is -1.91. The van der Waals surface area contributed by atoms with Gasteiger partial charge in [-0.15, -0.1) is 0 Å². The first-order valence-electron chi connectivity index (χ1n) is 3.59. The van der Waals surface area contributed by atoms with Crippen molar-refractivity contribution in [1.29, 1.82) is 0 Å². The van der Waals surface area contributed by atoms with E-state index in [-0.39, 0.29) is 0 Å². The summed E-state index contributed by atoms with van der Waals surface area (Å²) in [6, 6.07) is 3.75. The van der Waals surface area contributed by atoms with Crippen molar-refractivity contribution >= 4 is 23.0 Å². The second-order valence-corrected chi connectivity index (χ2v) is 3.12. The van der Waals surface area contributed by atoms with E-state index in [1.165, 1.54) is 5.56 Å². The fourth-order valence-corrected chi connectivity index (χ4v) is 1.72. The summed E-state index contributed by atoms with van der Waals surface area (Å²) in [6.07, 6.45) is 1.03. The van der Waals surface area contributed by atoms with Gasteiger partial charge in [0, 0.05) is 12.2 Å². The molecule has 0 aliphatic carbocycles. The van der Waals surface area contributed by atoms with Crippen LogP contribution in [0.4, 0.5) is 11.4 Å². The fourth-order valence-electron chi connectivity index (χ4n) is 1.40. The molecule has 1 heterocycles. The van der Waals surface area contributed by atoms with E-state index in [1.54, 1.807) is 6.07 Å². The van der Waals surface area contributed by atoms with E-state index in [1.807, 2.05) is 6.07 Å². The zero-order chi connectivity index (χ0) is 7.84. The second-order valence-electron chi connectivity index (χ2n) is 2.71. The number of hydrogen-bond donors (Lipinski definition) is 2. The number of nitrogens with two attached hydrogens (primary N) is 1. The predicted octanol–water partition coefficient (Wildman–Crippen LogP) is 1.89. The third-order valence-corrected chi connectivity index (χ3v) is 2.19. The fraction of sp³-hybridized carbons (Fsp3) is 0.250. The molecule has 0 saturated heterocycles. The SMILES string of the molecule is Nc1cc(Cl)c2c(c1)CCN2. The van der Waals surface area contributed by atoms with E-state index in [2.05, 4.69) is 5.32 Å². The van der Waals surface area contributed by atoms with Crippen LogP contribution in [0.15, 0.2) is 12.1 Å². The van der Waals surface area contributed by atoms with Crippen LogP contribution in [0.2, 0.25) is 5.02 Å². The van der Waals surface area contributed by atoms with Crippen molar-refractivity contribution in [1.82, 2.24) is 0 Å². The van der Waals surface area contributed by atoms with E-state index in [0.717, 1.165) is 29.4 Å². The van der Waals surface area contributed by atoms with Gasteiger partial charge in [0.25, 0.3) is 0 Å². The van der Waals surface area contributed by atoms with Crippen molar-refractivity contribution in [2.45, 2.75) is 6.42 Å². The third-order valence-electron chi connectivity index (χ3n) is 1.89. The first-order valence-corrected chi connectivity index (χ1v) is 3.97. The number of nitrogen functional groups attached to an aromatic ring is 1. The van der Waals surface area contributed by atoms with Crippen molar-refractivity contribution in [2.75, 3.05) is 17.6 Å². The molecule has 1 aromatic carbocycles. The molecule has 58 valence electrons. The van der Waals surface area contributed by atoms with Gasteiger partial charge in [0.1, 0.15) is 0 Å². The van der Waals surface area contributed by atoms with E-state index in [0.29, 0.717) is 0 Å². The molecule has 0 atom stereocenters. The molecule has 0 fully saturated rings. The van der Waals surface area contributed by atoms with Crippen LogP contribution in [0.5, 0.6) is 0 Å². The maximum atomic E-state index is 5.93. The minimum absolute atomic E-state index is 0.734. The number of anilines is 2. The summed E-state index contributed by atoms with van der Waals surface area (Å²) in [5.74, 6) is 0.